The van der Waals surface area contributed by atoms with Gasteiger partial charge in [0.25, 0.3) is 5.92 Å². The van der Waals surface area contributed by atoms with Crippen LogP contribution in [-0.4, -0.2) is 35.1 Å². The maximum atomic E-state index is 14.1. The molecule has 1 saturated heterocycles. The zero-order valence-corrected chi connectivity index (χ0v) is 10.6. The molecule has 0 aromatic heterocycles. The van der Waals surface area contributed by atoms with Crippen LogP contribution in [0.3, 0.4) is 0 Å². The fraction of sp³-hybridized carbons (Fsp3) is 0.500. The highest BCUT2D eigenvalue weighted by atomic mass is 19.3. The third kappa shape index (κ3) is 3.29. The van der Waals surface area contributed by atoms with Gasteiger partial charge in [0, 0.05) is 5.56 Å². The van der Waals surface area contributed by atoms with Crippen LogP contribution < -0.4 is 0 Å². The third-order valence-corrected chi connectivity index (χ3v) is 3.50. The minimum absolute atomic E-state index is 0.0651. The zero-order chi connectivity index (χ0) is 13.9. The predicted molar refractivity (Wildman–Crippen MR) is 67.2 cm³/mol. The lowest BCUT2D eigenvalue weighted by molar-refractivity contribution is -0.147. The summed E-state index contributed by atoms with van der Waals surface area (Å²) in [6, 6.07) is 6.77. The molecular weight excluding hydrogens is 252 g/mol. The monoisotopic (exact) mass is 269 g/mol. The summed E-state index contributed by atoms with van der Waals surface area (Å²) in [7, 11) is 0. The topological polar surface area (TPSA) is 40.5 Å². The largest absolute Gasteiger partial charge is 0.480 e. The Morgan fingerprint density at radius 2 is 2.00 bits per heavy atom. The Hall–Kier alpha value is -1.49. The summed E-state index contributed by atoms with van der Waals surface area (Å²) in [4.78, 5) is 12.5. The second kappa shape index (κ2) is 5.65. The van der Waals surface area contributed by atoms with Crippen LogP contribution in [0.2, 0.25) is 0 Å². The normalized spacial score (nSPS) is 21.3. The molecule has 1 aromatic rings. The van der Waals surface area contributed by atoms with E-state index in [0.717, 1.165) is 12.8 Å². The van der Waals surface area contributed by atoms with E-state index in [0.29, 0.717) is 13.0 Å². The van der Waals surface area contributed by atoms with Gasteiger partial charge < -0.3 is 5.11 Å². The molecule has 2 rings (SSSR count). The number of carboxylic acids is 1. The van der Waals surface area contributed by atoms with Crippen molar-refractivity contribution >= 4 is 5.97 Å². The van der Waals surface area contributed by atoms with E-state index in [1.54, 1.807) is 18.2 Å². The molecule has 0 radical (unpaired) electrons. The van der Waals surface area contributed by atoms with Crippen LogP contribution in [0.4, 0.5) is 8.78 Å². The molecule has 19 heavy (non-hydrogen) atoms. The van der Waals surface area contributed by atoms with E-state index in [1.807, 2.05) is 0 Å². The molecule has 1 aliphatic heterocycles. The maximum Gasteiger partial charge on any atom is 0.320 e. The molecule has 0 aliphatic carbocycles. The number of carboxylic acid groups (broad SMARTS) is 1. The fourth-order valence-electron chi connectivity index (χ4n) is 2.49. The van der Waals surface area contributed by atoms with Crippen LogP contribution in [0.5, 0.6) is 0 Å². The second-order valence-corrected chi connectivity index (χ2v) is 4.89. The minimum atomic E-state index is -3.02. The van der Waals surface area contributed by atoms with Crippen LogP contribution in [0, 0.1) is 0 Å². The van der Waals surface area contributed by atoms with Gasteiger partial charge in [-0.2, -0.15) is 8.78 Å². The van der Waals surface area contributed by atoms with Crippen LogP contribution in [0.25, 0.3) is 0 Å². The van der Waals surface area contributed by atoms with E-state index in [2.05, 4.69) is 0 Å². The highest BCUT2D eigenvalue weighted by Crippen LogP contribution is 2.31. The van der Waals surface area contributed by atoms with Crippen LogP contribution in [0.1, 0.15) is 24.8 Å². The average Bonchev–Trinajstić information content (AvgIpc) is 2.39. The van der Waals surface area contributed by atoms with Crippen molar-refractivity contribution in [1.82, 2.24) is 4.90 Å². The molecule has 0 bridgehead atoms. The van der Waals surface area contributed by atoms with Gasteiger partial charge in [-0.15, -0.1) is 0 Å². The number of likely N-dealkylation sites (tertiary alicyclic amines) is 1. The molecule has 0 spiro atoms. The number of rotatable bonds is 4. The molecule has 1 unspecified atom stereocenters. The van der Waals surface area contributed by atoms with Gasteiger partial charge in [-0.05, 0) is 19.4 Å². The quantitative estimate of drug-likeness (QED) is 0.913. The first-order valence-electron chi connectivity index (χ1n) is 6.41. The molecule has 1 aliphatic rings. The molecule has 0 saturated carbocycles. The molecule has 1 aromatic carbocycles. The lowest BCUT2D eigenvalue weighted by atomic mass is 10.00. The SMILES string of the molecule is O=C(O)C1CCCCN1CC(F)(F)c1ccccc1. The van der Waals surface area contributed by atoms with E-state index in [-0.39, 0.29) is 5.56 Å². The van der Waals surface area contributed by atoms with Crippen molar-refractivity contribution in [2.45, 2.75) is 31.2 Å². The summed E-state index contributed by atoms with van der Waals surface area (Å²) in [6.45, 7) is -0.118. The van der Waals surface area contributed by atoms with E-state index in [9.17, 15) is 13.6 Å². The number of piperidine rings is 1. The predicted octanol–water partition coefficient (Wildman–Crippen LogP) is 2.72. The summed E-state index contributed by atoms with van der Waals surface area (Å²) < 4.78 is 28.3. The van der Waals surface area contributed by atoms with Crippen molar-refractivity contribution in [1.29, 1.82) is 0 Å². The van der Waals surface area contributed by atoms with Gasteiger partial charge in [-0.3, -0.25) is 9.69 Å². The van der Waals surface area contributed by atoms with Crippen LogP contribution in [0.15, 0.2) is 30.3 Å². The van der Waals surface area contributed by atoms with Crippen molar-refractivity contribution < 1.29 is 18.7 Å². The van der Waals surface area contributed by atoms with E-state index < -0.39 is 24.5 Å². The Balaban J connectivity index is 2.12. The van der Waals surface area contributed by atoms with Crippen molar-refractivity contribution in [2.75, 3.05) is 13.1 Å². The standard InChI is InChI=1S/C14H17F2NO2/c15-14(16,11-6-2-1-3-7-11)10-17-9-5-4-8-12(17)13(18)19/h1-3,6-7,12H,4-5,8-10H2,(H,18,19). The van der Waals surface area contributed by atoms with Crippen LogP contribution in [-0.2, 0) is 10.7 Å². The molecule has 1 fully saturated rings. The second-order valence-electron chi connectivity index (χ2n) is 4.89. The van der Waals surface area contributed by atoms with Gasteiger partial charge >= 0.3 is 5.97 Å². The first-order valence-corrected chi connectivity index (χ1v) is 6.41. The number of aliphatic carboxylic acids is 1. The Kier molecular flexibility index (Phi) is 4.14. The van der Waals surface area contributed by atoms with Crippen molar-refractivity contribution in [3.05, 3.63) is 35.9 Å². The summed E-state index contributed by atoms with van der Waals surface area (Å²) in [5.41, 5.74) is -0.0651. The van der Waals surface area contributed by atoms with Gasteiger partial charge in [-0.25, -0.2) is 0 Å². The summed E-state index contributed by atoms with van der Waals surface area (Å²) >= 11 is 0. The first-order chi connectivity index (χ1) is 9.00. The van der Waals surface area contributed by atoms with E-state index >= 15 is 0 Å². The smallest absolute Gasteiger partial charge is 0.320 e. The fourth-order valence-corrected chi connectivity index (χ4v) is 2.49. The van der Waals surface area contributed by atoms with Crippen molar-refractivity contribution in [2.24, 2.45) is 0 Å². The van der Waals surface area contributed by atoms with Gasteiger partial charge in [-0.1, -0.05) is 36.8 Å². The summed E-state index contributed by atoms with van der Waals surface area (Å²) in [5, 5.41) is 9.09. The van der Waals surface area contributed by atoms with Crippen molar-refractivity contribution in [3.63, 3.8) is 0 Å². The molecular formula is C14H17F2NO2. The number of hydrogen-bond acceptors (Lipinski definition) is 2. The Morgan fingerprint density at radius 1 is 1.32 bits per heavy atom. The highest BCUT2D eigenvalue weighted by Gasteiger charge is 2.38. The average molecular weight is 269 g/mol. The minimum Gasteiger partial charge on any atom is -0.480 e. The number of nitrogens with zero attached hydrogens (tertiary/aromatic N) is 1. The Labute approximate surface area is 110 Å². The Morgan fingerprint density at radius 3 is 2.63 bits per heavy atom. The van der Waals surface area contributed by atoms with Gasteiger partial charge in [0.2, 0.25) is 0 Å². The molecule has 1 heterocycles. The highest BCUT2D eigenvalue weighted by molar-refractivity contribution is 5.73. The summed E-state index contributed by atoms with van der Waals surface area (Å²) in [6.07, 6.45) is 2.00. The van der Waals surface area contributed by atoms with Gasteiger partial charge in [0.1, 0.15) is 6.04 Å². The first kappa shape index (κ1) is 13.9. The maximum absolute atomic E-state index is 14.1. The number of alkyl halides is 2. The molecule has 1 atom stereocenters. The molecule has 3 nitrogen and oxygen atoms in total. The molecule has 0 amide bonds. The van der Waals surface area contributed by atoms with E-state index in [4.69, 9.17) is 5.11 Å². The van der Waals surface area contributed by atoms with Crippen molar-refractivity contribution in [3.8, 4) is 0 Å². The van der Waals surface area contributed by atoms with Gasteiger partial charge in [0.15, 0.2) is 0 Å². The molecule has 5 heteroatoms. The molecule has 104 valence electrons. The van der Waals surface area contributed by atoms with E-state index in [1.165, 1.54) is 17.0 Å². The summed E-state index contributed by atoms with van der Waals surface area (Å²) in [5.74, 6) is -4.03. The number of hydrogen-bond donors (Lipinski definition) is 1. The van der Waals surface area contributed by atoms with Crippen LogP contribution >= 0.6 is 0 Å². The lowest BCUT2D eigenvalue weighted by Crippen LogP contribution is -2.48. The number of benzene rings is 1. The third-order valence-electron chi connectivity index (χ3n) is 3.50. The Bertz CT molecular complexity index is 436. The van der Waals surface area contributed by atoms with Gasteiger partial charge in [0.05, 0.1) is 6.54 Å². The number of carbonyl (C=O) groups is 1. The number of halogens is 2. The lowest BCUT2D eigenvalue weighted by Gasteiger charge is -2.35. The molecule has 1 N–H and O–H groups in total. The zero-order valence-electron chi connectivity index (χ0n) is 10.6.